The number of nitrogens with zero attached hydrogens (tertiary/aromatic N) is 3. The lowest BCUT2D eigenvalue weighted by molar-refractivity contribution is -0.157. The molecule has 0 N–H and O–H groups in total. The average molecular weight is 370 g/mol. The van der Waals surface area contributed by atoms with Gasteiger partial charge in [-0.15, -0.1) is 11.8 Å². The van der Waals surface area contributed by atoms with E-state index in [2.05, 4.69) is 72.0 Å². The zero-order valence-corrected chi connectivity index (χ0v) is 16.6. The monoisotopic (exact) mass is 369 g/mol. The third-order valence-corrected chi connectivity index (χ3v) is 6.72. The second-order valence-electron chi connectivity index (χ2n) is 4.98. The minimum absolute atomic E-state index is 0.0732. The number of alkyl halides is 1. The Kier molecular flexibility index (Phi) is 10.8. The molecule has 0 radical (unpaired) electrons. The van der Waals surface area contributed by atoms with E-state index >= 15 is 0 Å². The molecule has 0 aliphatic rings. The molecule has 2 atom stereocenters. The lowest BCUT2D eigenvalue weighted by Gasteiger charge is -2.43. The van der Waals surface area contributed by atoms with Gasteiger partial charge >= 0.3 is 0 Å². The molecule has 4 nitrogen and oxygen atoms in total. The van der Waals surface area contributed by atoms with E-state index in [0.717, 1.165) is 32.5 Å². The van der Waals surface area contributed by atoms with Crippen molar-refractivity contribution in [3.05, 3.63) is 0 Å². The lowest BCUT2D eigenvalue weighted by Crippen LogP contribution is -2.53. The molecule has 0 bridgehead atoms. The van der Waals surface area contributed by atoms with Crippen LogP contribution in [-0.2, 0) is 4.74 Å². The van der Waals surface area contributed by atoms with Gasteiger partial charge in [-0.3, -0.25) is 4.90 Å². The molecule has 122 valence electrons. The van der Waals surface area contributed by atoms with E-state index < -0.39 is 0 Å². The Hall–Kier alpha value is 0.670. The van der Waals surface area contributed by atoms with Gasteiger partial charge in [0.25, 0.3) is 0 Å². The van der Waals surface area contributed by atoms with Gasteiger partial charge in [0.1, 0.15) is 10.0 Å². The summed E-state index contributed by atoms with van der Waals surface area (Å²) in [7, 11) is 6.00. The molecule has 20 heavy (non-hydrogen) atoms. The summed E-state index contributed by atoms with van der Waals surface area (Å²) in [5.74, 6) is 0. The zero-order chi connectivity index (χ0) is 15.8. The van der Waals surface area contributed by atoms with E-state index in [-0.39, 0.29) is 10.0 Å². The molecule has 0 rings (SSSR count). The molecule has 0 aromatic carbocycles. The fourth-order valence-corrected chi connectivity index (χ4v) is 3.21. The predicted octanol–water partition coefficient (Wildman–Crippen LogP) is 3.29. The van der Waals surface area contributed by atoms with Crippen molar-refractivity contribution in [2.24, 2.45) is 0 Å². The average Bonchev–Trinajstić information content (AvgIpc) is 2.44. The Balaban J connectivity index is 5.07. The quantitative estimate of drug-likeness (QED) is 0.240. The first-order valence-electron chi connectivity index (χ1n) is 7.35. The Morgan fingerprint density at radius 1 is 1.20 bits per heavy atom. The highest BCUT2D eigenvalue weighted by atomic mass is 79.9. The van der Waals surface area contributed by atoms with E-state index in [0.29, 0.717) is 0 Å². The molecule has 0 fully saturated rings. The Morgan fingerprint density at radius 3 is 2.05 bits per heavy atom. The molecule has 2 unspecified atom stereocenters. The van der Waals surface area contributed by atoms with Crippen LogP contribution in [0.2, 0.25) is 0 Å². The summed E-state index contributed by atoms with van der Waals surface area (Å²) in [6, 6.07) is 0. The molecule has 0 aliphatic heterocycles. The fraction of sp³-hybridized carbons (Fsp3) is 1.00. The van der Waals surface area contributed by atoms with Gasteiger partial charge in [-0.1, -0.05) is 36.7 Å². The maximum absolute atomic E-state index is 5.81. The van der Waals surface area contributed by atoms with Crippen molar-refractivity contribution in [3.63, 3.8) is 0 Å². The van der Waals surface area contributed by atoms with Crippen LogP contribution >= 0.6 is 27.7 Å². The molecule has 0 spiro atoms. The summed E-state index contributed by atoms with van der Waals surface area (Å²) in [4.78, 5) is 2.20. The molecule has 0 amide bonds. The van der Waals surface area contributed by atoms with E-state index in [9.17, 15) is 0 Å². The van der Waals surface area contributed by atoms with Gasteiger partial charge < -0.3 is 4.74 Å². The summed E-state index contributed by atoms with van der Waals surface area (Å²) in [5.41, 5.74) is 0. The Labute approximate surface area is 138 Å². The highest BCUT2D eigenvalue weighted by molar-refractivity contribution is 9.11. The minimum atomic E-state index is -0.104. The number of methoxy groups -OCH3 is 1. The molecular weight excluding hydrogens is 338 g/mol. The Bertz CT molecular complexity index is 255. The van der Waals surface area contributed by atoms with Crippen molar-refractivity contribution < 1.29 is 4.74 Å². The summed E-state index contributed by atoms with van der Waals surface area (Å²) in [5, 5.41) is 4.73. The molecule has 0 aliphatic carbocycles. The van der Waals surface area contributed by atoms with Crippen LogP contribution in [0.1, 0.15) is 33.6 Å². The topological polar surface area (TPSA) is 19.0 Å². The number of ether oxygens (including phenoxy) is 1. The summed E-state index contributed by atoms with van der Waals surface area (Å²) in [6.45, 7) is 9.64. The summed E-state index contributed by atoms with van der Waals surface area (Å²) < 4.78 is 5.71. The van der Waals surface area contributed by atoms with Crippen LogP contribution in [0.5, 0.6) is 0 Å². The van der Waals surface area contributed by atoms with Crippen molar-refractivity contribution in [1.82, 2.24) is 14.9 Å². The van der Waals surface area contributed by atoms with Crippen LogP contribution in [0, 0.1) is 0 Å². The number of rotatable bonds is 11. The molecule has 0 saturated heterocycles. The normalized spacial score (nSPS) is 16.9. The van der Waals surface area contributed by atoms with Crippen LogP contribution in [-0.4, -0.2) is 72.0 Å². The molecule has 0 heterocycles. The largest absolute Gasteiger partial charge is 0.365 e. The van der Waals surface area contributed by atoms with Gasteiger partial charge in [0, 0.05) is 33.2 Å². The van der Waals surface area contributed by atoms with Crippen molar-refractivity contribution >= 4 is 27.7 Å². The van der Waals surface area contributed by atoms with Gasteiger partial charge in [-0.2, -0.15) is 0 Å². The van der Waals surface area contributed by atoms with E-state index in [1.54, 1.807) is 18.9 Å². The minimum Gasteiger partial charge on any atom is -0.365 e. The van der Waals surface area contributed by atoms with E-state index in [1.165, 1.54) is 0 Å². The fourth-order valence-electron chi connectivity index (χ4n) is 2.26. The van der Waals surface area contributed by atoms with Gasteiger partial charge in [0.05, 0.1) is 0 Å². The third-order valence-electron chi connectivity index (χ3n) is 3.56. The van der Waals surface area contributed by atoms with Crippen LogP contribution in [0.3, 0.4) is 0 Å². The maximum Gasteiger partial charge on any atom is 0.126 e. The zero-order valence-electron chi connectivity index (χ0n) is 14.1. The highest BCUT2D eigenvalue weighted by Crippen LogP contribution is 2.38. The third kappa shape index (κ3) is 5.81. The first-order chi connectivity index (χ1) is 9.39. The van der Waals surface area contributed by atoms with Crippen LogP contribution in [0.4, 0.5) is 0 Å². The molecular formula is C14H32BrN3OS. The van der Waals surface area contributed by atoms with Gasteiger partial charge in [0.2, 0.25) is 0 Å². The standard InChI is InChI=1S/C14H32BrN3OS/c1-8-11-18(17(9-2)10-3)13(19-6)12-14(15,20-7)16(4)5/h13H,8-12H2,1-7H3. The van der Waals surface area contributed by atoms with Crippen molar-refractivity contribution in [2.45, 2.75) is 43.6 Å². The van der Waals surface area contributed by atoms with E-state index in [4.69, 9.17) is 4.74 Å². The van der Waals surface area contributed by atoms with Gasteiger partial charge in [0.15, 0.2) is 0 Å². The number of hydrogen-bond donors (Lipinski definition) is 0. The highest BCUT2D eigenvalue weighted by Gasteiger charge is 2.35. The van der Waals surface area contributed by atoms with Crippen LogP contribution in [0.15, 0.2) is 0 Å². The molecule has 0 saturated carbocycles. The van der Waals surface area contributed by atoms with Crippen LogP contribution < -0.4 is 0 Å². The summed E-state index contributed by atoms with van der Waals surface area (Å²) >= 11 is 5.67. The van der Waals surface area contributed by atoms with Crippen molar-refractivity contribution in [2.75, 3.05) is 47.1 Å². The first kappa shape index (κ1) is 20.7. The number of thioether (sulfide) groups is 1. The second-order valence-corrected chi connectivity index (χ2v) is 7.90. The molecule has 0 aromatic heterocycles. The summed E-state index contributed by atoms with van der Waals surface area (Å²) in [6.07, 6.45) is 4.22. The first-order valence-corrected chi connectivity index (χ1v) is 9.37. The van der Waals surface area contributed by atoms with Crippen molar-refractivity contribution in [1.29, 1.82) is 0 Å². The number of halogens is 1. The second kappa shape index (κ2) is 10.4. The molecule has 6 heteroatoms. The van der Waals surface area contributed by atoms with Gasteiger partial charge in [-0.05, 0) is 26.8 Å². The molecule has 0 aromatic rings. The SMILES string of the molecule is CCCN(C(CC(Br)(SC)N(C)C)OC)N(CC)CC. The number of hydrazine groups is 1. The van der Waals surface area contributed by atoms with E-state index in [1.807, 2.05) is 0 Å². The smallest absolute Gasteiger partial charge is 0.126 e. The van der Waals surface area contributed by atoms with Crippen LogP contribution in [0.25, 0.3) is 0 Å². The van der Waals surface area contributed by atoms with Gasteiger partial charge in [-0.25, -0.2) is 10.0 Å². The Morgan fingerprint density at radius 2 is 1.75 bits per heavy atom. The maximum atomic E-state index is 5.81. The number of hydrogen-bond acceptors (Lipinski definition) is 5. The van der Waals surface area contributed by atoms with Crippen molar-refractivity contribution in [3.8, 4) is 0 Å². The lowest BCUT2D eigenvalue weighted by atomic mass is 10.3. The predicted molar refractivity (Wildman–Crippen MR) is 94.2 cm³/mol.